The molecule has 1 aliphatic heterocycles. The van der Waals surface area contributed by atoms with Crippen molar-refractivity contribution >= 4 is 17.8 Å². The van der Waals surface area contributed by atoms with Gasteiger partial charge >= 0.3 is 11.9 Å². The van der Waals surface area contributed by atoms with Gasteiger partial charge in [0, 0.05) is 25.2 Å². The zero-order valence-corrected chi connectivity index (χ0v) is 14.3. The number of esters is 2. The van der Waals surface area contributed by atoms with Crippen molar-refractivity contribution in [3.05, 3.63) is 48.0 Å². The zero-order chi connectivity index (χ0) is 18.1. The number of amides is 1. The third kappa shape index (κ3) is 6.41. The fourth-order valence-electron chi connectivity index (χ4n) is 2.81. The third-order valence-electron chi connectivity index (χ3n) is 4.23. The lowest BCUT2D eigenvalue weighted by Gasteiger charge is -2.32. The van der Waals surface area contributed by atoms with E-state index in [2.05, 4.69) is 16.9 Å². The van der Waals surface area contributed by atoms with Gasteiger partial charge in [-0.2, -0.15) is 0 Å². The van der Waals surface area contributed by atoms with Crippen molar-refractivity contribution in [3.63, 3.8) is 0 Å². The van der Waals surface area contributed by atoms with Crippen molar-refractivity contribution in [3.8, 4) is 0 Å². The molecule has 0 aliphatic carbocycles. The second-order valence-corrected chi connectivity index (χ2v) is 5.98. The molecule has 1 aromatic rings. The van der Waals surface area contributed by atoms with Gasteiger partial charge in [0.1, 0.15) is 0 Å². The quantitative estimate of drug-likeness (QED) is 0.580. The number of ether oxygens (including phenoxy) is 2. The summed E-state index contributed by atoms with van der Waals surface area (Å²) in [6.45, 7) is 1.03. The summed E-state index contributed by atoms with van der Waals surface area (Å²) < 4.78 is 9.21. The van der Waals surface area contributed by atoms with E-state index < -0.39 is 11.9 Å². The number of carbonyl (C=O) groups excluding carboxylic acids is 3. The van der Waals surface area contributed by atoms with Crippen LogP contribution in [-0.2, 0) is 30.3 Å². The molecule has 0 spiro atoms. The van der Waals surface area contributed by atoms with E-state index in [-0.39, 0.29) is 12.5 Å². The maximum Gasteiger partial charge on any atom is 0.331 e. The Morgan fingerprint density at radius 1 is 1.08 bits per heavy atom. The molecular weight excluding hydrogens is 322 g/mol. The first kappa shape index (κ1) is 18.7. The highest BCUT2D eigenvalue weighted by Gasteiger charge is 2.23. The van der Waals surface area contributed by atoms with Crippen LogP contribution in [0.3, 0.4) is 0 Å². The van der Waals surface area contributed by atoms with Gasteiger partial charge in [0.05, 0.1) is 7.11 Å². The van der Waals surface area contributed by atoms with E-state index in [0.29, 0.717) is 19.0 Å². The summed E-state index contributed by atoms with van der Waals surface area (Å²) in [6.07, 6.45) is 4.82. The predicted octanol–water partition coefficient (Wildman–Crippen LogP) is 1.74. The van der Waals surface area contributed by atoms with Crippen LogP contribution in [0.1, 0.15) is 18.4 Å². The molecule has 6 heteroatoms. The average Bonchev–Trinajstić information content (AvgIpc) is 2.65. The molecule has 2 rings (SSSR count). The predicted molar refractivity (Wildman–Crippen MR) is 91.6 cm³/mol. The minimum Gasteiger partial charge on any atom is -0.466 e. The molecule has 0 bridgehead atoms. The van der Waals surface area contributed by atoms with Crippen LogP contribution in [0.15, 0.2) is 42.5 Å². The van der Waals surface area contributed by atoms with Crippen molar-refractivity contribution < 1.29 is 23.9 Å². The van der Waals surface area contributed by atoms with Crippen molar-refractivity contribution in [2.75, 3.05) is 26.8 Å². The minimum absolute atomic E-state index is 0.210. The Morgan fingerprint density at radius 3 is 2.36 bits per heavy atom. The molecule has 0 N–H and O–H groups in total. The number of nitrogens with zero attached hydrogens (tertiary/aromatic N) is 1. The number of hydrogen-bond donors (Lipinski definition) is 0. The number of rotatable bonds is 6. The SMILES string of the molecule is COC(=O)C=CC(=O)OCC(=O)N1CCC(Cc2ccccc2)CC1. The molecule has 1 saturated heterocycles. The topological polar surface area (TPSA) is 72.9 Å². The monoisotopic (exact) mass is 345 g/mol. The average molecular weight is 345 g/mol. The van der Waals surface area contributed by atoms with E-state index in [1.807, 2.05) is 18.2 Å². The Morgan fingerprint density at radius 2 is 1.72 bits per heavy atom. The van der Waals surface area contributed by atoms with Gasteiger partial charge in [-0.25, -0.2) is 9.59 Å². The number of carbonyl (C=O) groups is 3. The van der Waals surface area contributed by atoms with Crippen molar-refractivity contribution in [2.45, 2.75) is 19.3 Å². The van der Waals surface area contributed by atoms with Gasteiger partial charge < -0.3 is 14.4 Å². The number of hydrogen-bond acceptors (Lipinski definition) is 5. The summed E-state index contributed by atoms with van der Waals surface area (Å²) in [4.78, 5) is 36.1. The van der Waals surface area contributed by atoms with E-state index in [4.69, 9.17) is 4.74 Å². The highest BCUT2D eigenvalue weighted by Crippen LogP contribution is 2.21. The van der Waals surface area contributed by atoms with Gasteiger partial charge in [0.15, 0.2) is 6.61 Å². The number of likely N-dealkylation sites (tertiary alicyclic amines) is 1. The molecule has 0 radical (unpaired) electrons. The number of piperidine rings is 1. The van der Waals surface area contributed by atoms with Gasteiger partial charge in [-0.3, -0.25) is 4.79 Å². The summed E-state index contributed by atoms with van der Waals surface area (Å²) in [5.41, 5.74) is 1.32. The largest absolute Gasteiger partial charge is 0.466 e. The Balaban J connectivity index is 1.69. The second-order valence-electron chi connectivity index (χ2n) is 5.98. The lowest BCUT2D eigenvalue weighted by atomic mass is 9.90. The van der Waals surface area contributed by atoms with Crippen LogP contribution in [0.5, 0.6) is 0 Å². The Bertz CT molecular complexity index is 618. The maximum absolute atomic E-state index is 12.1. The molecule has 1 aromatic carbocycles. The molecule has 0 unspecified atom stereocenters. The standard InChI is InChI=1S/C19H23NO5/c1-24-18(22)7-8-19(23)25-14-17(21)20-11-9-16(10-12-20)13-15-5-3-2-4-6-15/h2-8,16H,9-14H2,1H3. The fraction of sp³-hybridized carbons (Fsp3) is 0.421. The highest BCUT2D eigenvalue weighted by atomic mass is 16.5. The summed E-state index contributed by atoms with van der Waals surface area (Å²) in [7, 11) is 1.21. The summed E-state index contributed by atoms with van der Waals surface area (Å²) in [5, 5.41) is 0. The number of benzene rings is 1. The van der Waals surface area contributed by atoms with Crippen LogP contribution in [0, 0.1) is 5.92 Å². The zero-order valence-electron chi connectivity index (χ0n) is 14.3. The van der Waals surface area contributed by atoms with Crippen LogP contribution in [0.2, 0.25) is 0 Å². The second kappa shape index (κ2) is 9.61. The van der Waals surface area contributed by atoms with E-state index in [9.17, 15) is 14.4 Å². The van der Waals surface area contributed by atoms with Gasteiger partial charge in [0.2, 0.25) is 0 Å². The van der Waals surface area contributed by atoms with E-state index >= 15 is 0 Å². The molecular formula is C19H23NO5. The highest BCUT2D eigenvalue weighted by molar-refractivity contribution is 5.92. The molecule has 25 heavy (non-hydrogen) atoms. The first-order valence-electron chi connectivity index (χ1n) is 8.33. The van der Waals surface area contributed by atoms with Gasteiger partial charge in [-0.05, 0) is 30.7 Å². The third-order valence-corrected chi connectivity index (χ3v) is 4.23. The molecule has 1 aliphatic rings. The molecule has 6 nitrogen and oxygen atoms in total. The Hall–Kier alpha value is -2.63. The summed E-state index contributed by atoms with van der Waals surface area (Å²) >= 11 is 0. The van der Waals surface area contributed by atoms with Crippen molar-refractivity contribution in [2.24, 2.45) is 5.92 Å². The molecule has 1 fully saturated rings. The van der Waals surface area contributed by atoms with E-state index in [1.54, 1.807) is 4.90 Å². The van der Waals surface area contributed by atoms with Gasteiger partial charge in [-0.1, -0.05) is 30.3 Å². The number of methoxy groups -OCH3 is 1. The molecule has 0 saturated carbocycles. The molecule has 1 amide bonds. The Labute approximate surface area is 147 Å². The molecule has 1 heterocycles. The van der Waals surface area contributed by atoms with Gasteiger partial charge in [-0.15, -0.1) is 0 Å². The van der Waals surface area contributed by atoms with Crippen molar-refractivity contribution in [1.29, 1.82) is 0 Å². The van der Waals surface area contributed by atoms with Crippen LogP contribution in [0.4, 0.5) is 0 Å². The first-order chi connectivity index (χ1) is 12.1. The normalized spacial score (nSPS) is 15.2. The molecule has 134 valence electrons. The van der Waals surface area contributed by atoms with Crippen LogP contribution < -0.4 is 0 Å². The summed E-state index contributed by atoms with van der Waals surface area (Å²) in [5.74, 6) is -1.03. The van der Waals surface area contributed by atoms with Crippen LogP contribution in [-0.4, -0.2) is 49.6 Å². The van der Waals surface area contributed by atoms with E-state index in [1.165, 1.54) is 12.7 Å². The lowest BCUT2D eigenvalue weighted by molar-refractivity contribution is -0.149. The van der Waals surface area contributed by atoms with E-state index in [0.717, 1.165) is 31.4 Å². The minimum atomic E-state index is -0.738. The summed E-state index contributed by atoms with van der Waals surface area (Å²) in [6, 6.07) is 10.3. The van der Waals surface area contributed by atoms with Crippen LogP contribution in [0.25, 0.3) is 0 Å². The lowest BCUT2D eigenvalue weighted by Crippen LogP contribution is -2.41. The van der Waals surface area contributed by atoms with Gasteiger partial charge in [0.25, 0.3) is 5.91 Å². The molecule has 0 atom stereocenters. The Kier molecular flexibility index (Phi) is 7.19. The molecule has 0 aromatic heterocycles. The van der Waals surface area contributed by atoms with Crippen LogP contribution >= 0.6 is 0 Å². The smallest absolute Gasteiger partial charge is 0.331 e. The van der Waals surface area contributed by atoms with Crippen molar-refractivity contribution in [1.82, 2.24) is 4.90 Å². The fourth-order valence-corrected chi connectivity index (χ4v) is 2.81. The maximum atomic E-state index is 12.1. The first-order valence-corrected chi connectivity index (χ1v) is 8.33.